The van der Waals surface area contributed by atoms with Crippen molar-refractivity contribution in [2.75, 3.05) is 0 Å². The number of phenolic OH excluding ortho intramolecular Hbond substituents is 2. The molecule has 0 fully saturated rings. The molecule has 0 atom stereocenters. The molecule has 19 heteroatoms. The van der Waals surface area contributed by atoms with Crippen molar-refractivity contribution in [3.63, 3.8) is 0 Å². The van der Waals surface area contributed by atoms with E-state index in [1.165, 1.54) is 24.3 Å². The number of phenols is 2. The first kappa shape index (κ1) is 36.4. The van der Waals surface area contributed by atoms with Crippen LogP contribution >= 0.6 is 0 Å². The first-order valence-corrected chi connectivity index (χ1v) is 13.8. The van der Waals surface area contributed by atoms with Crippen LogP contribution in [0.15, 0.2) is 79.5 Å². The van der Waals surface area contributed by atoms with Gasteiger partial charge in [-0.3, -0.25) is 13.7 Å². The Bertz CT molecular complexity index is 1950. The number of aromatic hydroxyl groups is 2. The Balaban J connectivity index is 0.00000253. The zero-order valence-electron chi connectivity index (χ0n) is 20.5. The van der Waals surface area contributed by atoms with E-state index in [9.17, 15) is 49.1 Å². The molecule has 4 aromatic rings. The van der Waals surface area contributed by atoms with Crippen LogP contribution in [0.5, 0.6) is 11.5 Å². The smallest absolute Gasteiger partial charge is 0.298 e. The Morgan fingerprint density at radius 3 is 1.64 bits per heavy atom. The summed E-state index contributed by atoms with van der Waals surface area (Å²) in [7, 11) is -14.5. The van der Waals surface area contributed by atoms with Crippen LogP contribution in [-0.2, 0) is 30.4 Å². The standard InChI is InChI=1S/C20H14N2O11S3.3Na/c23-15-9-16(35(28,29)30)13-3-1-2-4-14(13)18(15)21-22-19-12-6-5-11(34(25,26)27)7-10(12)8-17(20(19)24)36(31,32)33;;;/h1-9,23-24H,(H,25,26,27)(H,28,29,30)(H,31,32,33);;;. The van der Waals surface area contributed by atoms with Gasteiger partial charge >= 0.3 is 0 Å². The fraction of sp³-hybridized carbons (Fsp3) is 0. The molecule has 3 radical (unpaired) electrons. The van der Waals surface area contributed by atoms with Crippen molar-refractivity contribution in [2.24, 2.45) is 10.2 Å². The Morgan fingerprint density at radius 2 is 1.10 bits per heavy atom. The normalized spacial score (nSPS) is 12.1. The molecule has 0 bridgehead atoms. The number of benzene rings is 4. The Hall–Kier alpha value is -0.670. The maximum absolute atomic E-state index is 11.8. The van der Waals surface area contributed by atoms with Crippen molar-refractivity contribution in [1.82, 2.24) is 0 Å². The fourth-order valence-electron chi connectivity index (χ4n) is 3.52. The summed E-state index contributed by atoms with van der Waals surface area (Å²) in [5, 5.41) is 28.3. The summed E-state index contributed by atoms with van der Waals surface area (Å²) in [5.74, 6) is -1.81. The average Bonchev–Trinajstić information content (AvgIpc) is 2.76. The van der Waals surface area contributed by atoms with Crippen LogP contribution in [0, 0.1) is 0 Å². The second-order valence-corrected chi connectivity index (χ2v) is 11.6. The molecule has 13 nitrogen and oxygen atoms in total. The number of hydrogen-bond acceptors (Lipinski definition) is 10. The maximum Gasteiger partial charge on any atom is 0.298 e. The van der Waals surface area contributed by atoms with E-state index in [0.717, 1.165) is 30.3 Å². The second kappa shape index (κ2) is 13.1. The molecule has 0 saturated heterocycles. The molecule has 4 aromatic carbocycles. The summed E-state index contributed by atoms with van der Waals surface area (Å²) in [4.78, 5) is -2.28. The van der Waals surface area contributed by atoms with Gasteiger partial charge in [0.25, 0.3) is 30.4 Å². The molecule has 0 aromatic heterocycles. The minimum Gasteiger partial charge on any atom is -0.506 e. The summed E-state index contributed by atoms with van der Waals surface area (Å²) < 4.78 is 98.3. The predicted molar refractivity (Wildman–Crippen MR) is 142 cm³/mol. The van der Waals surface area contributed by atoms with Crippen molar-refractivity contribution in [3.8, 4) is 11.5 Å². The zero-order valence-corrected chi connectivity index (χ0v) is 29.0. The third kappa shape index (κ3) is 7.59. The van der Waals surface area contributed by atoms with E-state index in [0.29, 0.717) is 0 Å². The van der Waals surface area contributed by atoms with E-state index >= 15 is 0 Å². The summed E-state index contributed by atoms with van der Waals surface area (Å²) in [6, 6.07) is 9.96. The molecule has 0 aliphatic heterocycles. The number of fused-ring (bicyclic) bond motifs is 2. The first-order chi connectivity index (χ1) is 16.6. The minimum absolute atomic E-state index is 0. The van der Waals surface area contributed by atoms with Gasteiger partial charge < -0.3 is 10.2 Å². The van der Waals surface area contributed by atoms with Crippen LogP contribution in [0.1, 0.15) is 0 Å². The van der Waals surface area contributed by atoms with Crippen LogP contribution in [-0.4, -0.2) is 138 Å². The van der Waals surface area contributed by atoms with Gasteiger partial charge in [-0.05, 0) is 23.6 Å². The summed E-state index contributed by atoms with van der Waals surface area (Å²) in [6.07, 6.45) is 0. The van der Waals surface area contributed by atoms with Crippen LogP contribution in [0.3, 0.4) is 0 Å². The van der Waals surface area contributed by atoms with E-state index < -0.39 is 62.2 Å². The van der Waals surface area contributed by atoms with Crippen molar-refractivity contribution in [1.29, 1.82) is 0 Å². The number of rotatable bonds is 5. The van der Waals surface area contributed by atoms with E-state index in [4.69, 9.17) is 0 Å². The van der Waals surface area contributed by atoms with Crippen molar-refractivity contribution >= 4 is 152 Å². The molecule has 0 spiro atoms. The maximum atomic E-state index is 11.8. The van der Waals surface area contributed by atoms with Crippen LogP contribution in [0.2, 0.25) is 0 Å². The average molecular weight is 624 g/mol. The largest absolute Gasteiger partial charge is 0.506 e. The van der Waals surface area contributed by atoms with Crippen molar-refractivity contribution in [2.45, 2.75) is 14.7 Å². The Labute approximate surface area is 288 Å². The van der Waals surface area contributed by atoms with Gasteiger partial charge in [0.05, 0.1) is 4.90 Å². The third-order valence-corrected chi connectivity index (χ3v) is 7.69. The number of nitrogens with zero attached hydrogens (tertiary/aromatic N) is 2. The van der Waals surface area contributed by atoms with Crippen LogP contribution in [0.25, 0.3) is 21.5 Å². The molecular formula is C20H14N2Na3O11S3. The van der Waals surface area contributed by atoms with E-state index in [1.807, 2.05) is 0 Å². The van der Waals surface area contributed by atoms with E-state index in [2.05, 4.69) is 10.2 Å². The summed E-state index contributed by atoms with van der Waals surface area (Å²) >= 11 is 0. The van der Waals surface area contributed by atoms with Gasteiger partial charge in [0.15, 0.2) is 5.75 Å². The molecule has 191 valence electrons. The molecule has 0 saturated carbocycles. The van der Waals surface area contributed by atoms with Crippen LogP contribution < -0.4 is 0 Å². The van der Waals surface area contributed by atoms with Gasteiger partial charge in [-0.1, -0.05) is 30.3 Å². The molecule has 0 unspecified atom stereocenters. The quantitative estimate of drug-likeness (QED) is 0.123. The van der Waals surface area contributed by atoms with Crippen molar-refractivity contribution < 1.29 is 49.1 Å². The van der Waals surface area contributed by atoms with Crippen molar-refractivity contribution in [3.05, 3.63) is 54.6 Å². The third-order valence-electron chi connectivity index (χ3n) is 5.08. The van der Waals surface area contributed by atoms with Gasteiger partial charge in [-0.2, -0.15) is 25.3 Å². The van der Waals surface area contributed by atoms with E-state index in [-0.39, 0.29) is 116 Å². The minimum atomic E-state index is -5.05. The molecule has 4 rings (SSSR count). The second-order valence-electron chi connectivity index (χ2n) is 7.37. The molecule has 0 aliphatic rings. The molecule has 0 heterocycles. The summed E-state index contributed by atoms with van der Waals surface area (Å²) in [5.41, 5.74) is -0.887. The zero-order chi connectivity index (χ0) is 26.6. The van der Waals surface area contributed by atoms with Gasteiger partial charge in [-0.15, -0.1) is 10.2 Å². The molecule has 0 aliphatic carbocycles. The Morgan fingerprint density at radius 1 is 0.564 bits per heavy atom. The molecule has 39 heavy (non-hydrogen) atoms. The number of hydrogen-bond donors (Lipinski definition) is 5. The Kier molecular flexibility index (Phi) is 12.2. The monoisotopic (exact) mass is 623 g/mol. The molecular weight excluding hydrogens is 609 g/mol. The number of azo groups is 1. The summed E-state index contributed by atoms with van der Waals surface area (Å²) in [6.45, 7) is 0. The first-order valence-electron chi connectivity index (χ1n) is 9.47. The van der Waals surface area contributed by atoms with Crippen LogP contribution in [0.4, 0.5) is 11.4 Å². The topological polar surface area (TPSA) is 228 Å². The fourth-order valence-corrected chi connectivity index (χ4v) is 5.37. The van der Waals surface area contributed by atoms with Gasteiger partial charge in [0.2, 0.25) is 0 Å². The van der Waals surface area contributed by atoms with Gasteiger partial charge in [0, 0.05) is 111 Å². The molecule has 5 N–H and O–H groups in total. The van der Waals surface area contributed by atoms with E-state index in [1.54, 1.807) is 0 Å². The molecule has 0 amide bonds. The van der Waals surface area contributed by atoms with Gasteiger partial charge in [0.1, 0.15) is 26.9 Å². The van der Waals surface area contributed by atoms with Gasteiger partial charge in [-0.25, -0.2) is 0 Å². The predicted octanol–water partition coefficient (Wildman–Crippen LogP) is 2.42. The SMILES string of the molecule is O=S(=O)(O)c1ccc2c(N=Nc3c(O)cc(S(=O)(=O)O)c4ccccc34)c(O)c(S(=O)(=O)O)cc2c1.[Na].[Na].[Na].